The van der Waals surface area contributed by atoms with Crippen molar-refractivity contribution in [2.24, 2.45) is 0 Å². The van der Waals surface area contributed by atoms with Gasteiger partial charge in [-0.3, -0.25) is 4.79 Å². The Balaban J connectivity index is 1.99. The highest BCUT2D eigenvalue weighted by Gasteiger charge is 2.29. The van der Waals surface area contributed by atoms with Gasteiger partial charge < -0.3 is 10.5 Å². The van der Waals surface area contributed by atoms with Crippen molar-refractivity contribution < 1.29 is 9.53 Å². The Hall–Kier alpha value is -2.29. The van der Waals surface area contributed by atoms with E-state index in [4.69, 9.17) is 10.5 Å². The summed E-state index contributed by atoms with van der Waals surface area (Å²) in [6, 6.07) is 11.9. The topological polar surface area (TPSA) is 52.3 Å². The minimum atomic E-state index is -0.257. The van der Waals surface area contributed by atoms with E-state index in [1.165, 1.54) is 5.56 Å². The number of ketones is 1. The van der Waals surface area contributed by atoms with Gasteiger partial charge in [0.1, 0.15) is 6.10 Å². The molecule has 1 aliphatic heterocycles. The van der Waals surface area contributed by atoms with Crippen LogP contribution in [0.5, 0.6) is 5.75 Å². The minimum Gasteiger partial charge on any atom is -0.482 e. The summed E-state index contributed by atoms with van der Waals surface area (Å²) in [5, 5.41) is 0. The Labute approximate surface area is 131 Å². The smallest absolute Gasteiger partial charge is 0.170 e. The average molecular weight is 295 g/mol. The van der Waals surface area contributed by atoms with E-state index < -0.39 is 0 Å². The first-order valence-corrected chi connectivity index (χ1v) is 7.65. The van der Waals surface area contributed by atoms with Crippen molar-refractivity contribution in [1.29, 1.82) is 0 Å². The average Bonchev–Trinajstić information content (AvgIpc) is 2.48. The van der Waals surface area contributed by atoms with E-state index in [1.807, 2.05) is 43.3 Å². The Morgan fingerprint density at radius 1 is 1.18 bits per heavy atom. The fraction of sp³-hybridized carbons (Fsp3) is 0.316. The number of hydrogen-bond acceptors (Lipinski definition) is 3. The maximum absolute atomic E-state index is 12.5. The fourth-order valence-electron chi connectivity index (χ4n) is 2.78. The van der Waals surface area contributed by atoms with Crippen molar-refractivity contribution in [3.8, 4) is 5.75 Å². The number of hydrogen-bond donors (Lipinski definition) is 1. The highest BCUT2D eigenvalue weighted by molar-refractivity contribution is 6.02. The first-order valence-electron chi connectivity index (χ1n) is 7.65. The fourth-order valence-corrected chi connectivity index (χ4v) is 2.78. The van der Waals surface area contributed by atoms with Crippen LogP contribution in [0.1, 0.15) is 59.3 Å². The second-order valence-corrected chi connectivity index (χ2v) is 6.29. The molecule has 22 heavy (non-hydrogen) atoms. The Bertz CT molecular complexity index is 717. The van der Waals surface area contributed by atoms with Gasteiger partial charge in [0.05, 0.1) is 17.7 Å². The molecule has 0 saturated heterocycles. The maximum Gasteiger partial charge on any atom is 0.170 e. The molecule has 1 aliphatic rings. The van der Waals surface area contributed by atoms with Crippen LogP contribution in [0.15, 0.2) is 36.4 Å². The summed E-state index contributed by atoms with van der Waals surface area (Å²) in [6.07, 6.45) is 0.102. The molecule has 0 radical (unpaired) electrons. The Morgan fingerprint density at radius 3 is 2.50 bits per heavy atom. The van der Waals surface area contributed by atoms with Crippen LogP contribution in [0.4, 0.5) is 5.69 Å². The van der Waals surface area contributed by atoms with E-state index >= 15 is 0 Å². The highest BCUT2D eigenvalue weighted by Crippen LogP contribution is 2.40. The number of carbonyl (C=O) groups excluding carboxylic acids is 1. The molecule has 3 nitrogen and oxygen atoms in total. The molecule has 3 heteroatoms. The van der Waals surface area contributed by atoms with Gasteiger partial charge in [0.2, 0.25) is 0 Å². The Morgan fingerprint density at radius 2 is 1.86 bits per heavy atom. The zero-order valence-corrected chi connectivity index (χ0v) is 13.2. The van der Waals surface area contributed by atoms with Crippen molar-refractivity contribution in [2.45, 2.75) is 39.2 Å². The van der Waals surface area contributed by atoms with Gasteiger partial charge in [-0.15, -0.1) is 0 Å². The second-order valence-electron chi connectivity index (χ2n) is 6.29. The van der Waals surface area contributed by atoms with Crippen molar-refractivity contribution in [2.75, 3.05) is 5.73 Å². The van der Waals surface area contributed by atoms with Gasteiger partial charge in [-0.25, -0.2) is 0 Å². The lowest BCUT2D eigenvalue weighted by atomic mass is 9.91. The third-order valence-electron chi connectivity index (χ3n) is 4.19. The highest BCUT2D eigenvalue weighted by atomic mass is 16.5. The van der Waals surface area contributed by atoms with Crippen LogP contribution in [-0.2, 0) is 0 Å². The number of anilines is 1. The van der Waals surface area contributed by atoms with Crippen LogP contribution in [0, 0.1) is 6.92 Å². The number of carbonyl (C=O) groups is 1. The van der Waals surface area contributed by atoms with Crippen molar-refractivity contribution in [3.63, 3.8) is 0 Å². The zero-order chi connectivity index (χ0) is 15.9. The quantitative estimate of drug-likeness (QED) is 0.835. The predicted molar refractivity (Wildman–Crippen MR) is 88.4 cm³/mol. The molecule has 2 aromatic carbocycles. The van der Waals surface area contributed by atoms with Crippen LogP contribution in [-0.4, -0.2) is 5.78 Å². The van der Waals surface area contributed by atoms with E-state index in [0.29, 0.717) is 29.3 Å². The van der Waals surface area contributed by atoms with Gasteiger partial charge in [-0.1, -0.05) is 43.7 Å². The molecule has 0 spiro atoms. The van der Waals surface area contributed by atoms with Gasteiger partial charge >= 0.3 is 0 Å². The first-order chi connectivity index (χ1) is 10.5. The molecule has 1 heterocycles. The van der Waals surface area contributed by atoms with E-state index in [2.05, 4.69) is 13.8 Å². The lowest BCUT2D eigenvalue weighted by molar-refractivity contribution is 0.0851. The van der Waals surface area contributed by atoms with Crippen molar-refractivity contribution in [3.05, 3.63) is 58.7 Å². The standard InChI is InChI=1S/C19H21NO2/c1-11(2)14-8-15-17(21)10-18(22-19(15)16(20)9-14)13-6-4-12(3)5-7-13/h4-9,11,18H,10,20H2,1-3H3. The molecule has 2 N–H and O–H groups in total. The van der Waals surface area contributed by atoms with Gasteiger partial charge in [0, 0.05) is 0 Å². The number of aryl methyl sites for hydroxylation is 1. The number of nitrogen functional groups attached to an aromatic ring is 1. The number of benzene rings is 2. The van der Waals surface area contributed by atoms with E-state index in [0.717, 1.165) is 11.1 Å². The zero-order valence-electron chi connectivity index (χ0n) is 13.2. The summed E-state index contributed by atoms with van der Waals surface area (Å²) in [5.74, 6) is 0.961. The van der Waals surface area contributed by atoms with E-state index in [1.54, 1.807) is 0 Å². The molecule has 0 aliphatic carbocycles. The second kappa shape index (κ2) is 5.48. The molecular weight excluding hydrogens is 274 g/mol. The molecule has 3 rings (SSSR count). The summed E-state index contributed by atoms with van der Waals surface area (Å²) in [7, 11) is 0. The molecule has 1 atom stereocenters. The van der Waals surface area contributed by atoms with Gasteiger partial charge in [-0.05, 0) is 36.1 Å². The third-order valence-corrected chi connectivity index (χ3v) is 4.19. The van der Waals surface area contributed by atoms with Crippen LogP contribution in [0.3, 0.4) is 0 Å². The summed E-state index contributed by atoms with van der Waals surface area (Å²) >= 11 is 0. The monoisotopic (exact) mass is 295 g/mol. The van der Waals surface area contributed by atoms with Crippen LogP contribution >= 0.6 is 0 Å². The molecule has 0 saturated carbocycles. The summed E-state index contributed by atoms with van der Waals surface area (Å²) in [6.45, 7) is 6.21. The van der Waals surface area contributed by atoms with Gasteiger partial charge in [0.25, 0.3) is 0 Å². The number of fused-ring (bicyclic) bond motifs is 1. The summed E-state index contributed by atoms with van der Waals surface area (Å²) < 4.78 is 6.05. The Kier molecular flexibility index (Phi) is 3.65. The van der Waals surface area contributed by atoms with Crippen molar-refractivity contribution in [1.82, 2.24) is 0 Å². The lowest BCUT2D eigenvalue weighted by Gasteiger charge is -2.27. The largest absolute Gasteiger partial charge is 0.482 e. The van der Waals surface area contributed by atoms with Gasteiger partial charge in [0.15, 0.2) is 11.5 Å². The molecule has 1 unspecified atom stereocenters. The molecule has 114 valence electrons. The van der Waals surface area contributed by atoms with Crippen LogP contribution < -0.4 is 10.5 Å². The minimum absolute atomic E-state index is 0.0982. The number of rotatable bonds is 2. The maximum atomic E-state index is 12.5. The SMILES string of the molecule is Cc1ccc(C2CC(=O)c3cc(C(C)C)cc(N)c3O2)cc1. The van der Waals surface area contributed by atoms with E-state index in [9.17, 15) is 4.79 Å². The normalized spacial score (nSPS) is 17.3. The van der Waals surface area contributed by atoms with Crippen LogP contribution in [0.2, 0.25) is 0 Å². The molecule has 0 amide bonds. The molecular formula is C19H21NO2. The summed E-state index contributed by atoms with van der Waals surface area (Å²) in [4.78, 5) is 12.5. The van der Waals surface area contributed by atoms with Crippen LogP contribution in [0.25, 0.3) is 0 Å². The lowest BCUT2D eigenvalue weighted by Crippen LogP contribution is -2.21. The molecule has 0 aromatic heterocycles. The number of nitrogens with two attached hydrogens (primary N) is 1. The third kappa shape index (κ3) is 2.59. The molecule has 0 bridgehead atoms. The first kappa shape index (κ1) is 14.6. The van der Waals surface area contributed by atoms with Gasteiger partial charge in [-0.2, -0.15) is 0 Å². The predicted octanol–water partition coefficient (Wildman–Crippen LogP) is 4.41. The molecule has 2 aromatic rings. The van der Waals surface area contributed by atoms with E-state index in [-0.39, 0.29) is 11.9 Å². The summed E-state index contributed by atoms with van der Waals surface area (Å²) in [5.41, 5.74) is 10.6. The number of ether oxygens (including phenoxy) is 1. The molecule has 0 fully saturated rings. The van der Waals surface area contributed by atoms with Crippen molar-refractivity contribution >= 4 is 11.5 Å². The number of Topliss-reactive ketones (excluding diaryl/α,β-unsaturated/α-hetero) is 1.